The number of halogens is 1. The molecule has 0 bridgehead atoms. The lowest BCUT2D eigenvalue weighted by Gasteiger charge is -2.16. The third-order valence-electron chi connectivity index (χ3n) is 4.03. The van der Waals surface area contributed by atoms with Crippen molar-refractivity contribution in [2.24, 2.45) is 0 Å². The quantitative estimate of drug-likeness (QED) is 0.907. The number of carboxylic acid groups (broad SMARTS) is 1. The van der Waals surface area contributed by atoms with Crippen molar-refractivity contribution in [3.05, 3.63) is 39.8 Å². The SMILES string of the molecule is Cc1nc(-c2cc(C(=O)O)c(C)cc2C2CCOC2)c(Cl)[nH]1. The molecule has 0 saturated carbocycles. The largest absolute Gasteiger partial charge is 0.478 e. The Morgan fingerprint density at radius 2 is 2.23 bits per heavy atom. The van der Waals surface area contributed by atoms with Gasteiger partial charge in [0.05, 0.1) is 12.2 Å². The minimum absolute atomic E-state index is 0.240. The van der Waals surface area contributed by atoms with Crippen LogP contribution in [-0.4, -0.2) is 34.3 Å². The summed E-state index contributed by atoms with van der Waals surface area (Å²) in [6, 6.07) is 3.60. The number of rotatable bonds is 3. The smallest absolute Gasteiger partial charge is 0.335 e. The van der Waals surface area contributed by atoms with Gasteiger partial charge in [0.25, 0.3) is 0 Å². The highest BCUT2D eigenvalue weighted by molar-refractivity contribution is 6.32. The second-order valence-electron chi connectivity index (χ2n) is 5.60. The minimum atomic E-state index is -0.948. The lowest BCUT2D eigenvalue weighted by atomic mass is 9.88. The average Bonchev–Trinajstić information content (AvgIpc) is 3.08. The number of imidazole rings is 1. The number of benzene rings is 1. The van der Waals surface area contributed by atoms with Crippen molar-refractivity contribution in [3.63, 3.8) is 0 Å². The van der Waals surface area contributed by atoms with Crippen LogP contribution in [0, 0.1) is 13.8 Å². The molecule has 0 spiro atoms. The monoisotopic (exact) mass is 320 g/mol. The van der Waals surface area contributed by atoms with E-state index in [9.17, 15) is 9.90 Å². The zero-order valence-corrected chi connectivity index (χ0v) is 13.2. The molecule has 1 fully saturated rings. The van der Waals surface area contributed by atoms with Gasteiger partial charge in [0.2, 0.25) is 0 Å². The number of nitrogens with one attached hydrogen (secondary N) is 1. The van der Waals surface area contributed by atoms with Gasteiger partial charge in [-0.3, -0.25) is 0 Å². The Kier molecular flexibility index (Phi) is 3.93. The molecule has 5 nitrogen and oxygen atoms in total. The number of H-pyrrole nitrogens is 1. The molecule has 22 heavy (non-hydrogen) atoms. The normalized spacial score (nSPS) is 17.9. The van der Waals surface area contributed by atoms with Crippen LogP contribution in [0.3, 0.4) is 0 Å². The summed E-state index contributed by atoms with van der Waals surface area (Å²) in [5, 5.41) is 9.81. The molecule has 2 heterocycles. The Balaban J connectivity index is 2.22. The van der Waals surface area contributed by atoms with Crippen LogP contribution in [-0.2, 0) is 4.74 Å². The van der Waals surface area contributed by atoms with Crippen molar-refractivity contribution in [2.75, 3.05) is 13.2 Å². The summed E-state index contributed by atoms with van der Waals surface area (Å²) in [7, 11) is 0. The van der Waals surface area contributed by atoms with E-state index >= 15 is 0 Å². The van der Waals surface area contributed by atoms with Crippen LogP contribution in [0.5, 0.6) is 0 Å². The fourth-order valence-electron chi connectivity index (χ4n) is 2.92. The van der Waals surface area contributed by atoms with E-state index < -0.39 is 5.97 Å². The maximum atomic E-state index is 11.4. The molecule has 1 atom stereocenters. The van der Waals surface area contributed by atoms with Crippen LogP contribution >= 0.6 is 11.6 Å². The molecule has 1 aromatic carbocycles. The van der Waals surface area contributed by atoms with E-state index in [1.54, 1.807) is 6.07 Å². The fourth-order valence-corrected chi connectivity index (χ4v) is 3.21. The van der Waals surface area contributed by atoms with E-state index in [0.29, 0.717) is 23.3 Å². The number of nitrogens with zero attached hydrogens (tertiary/aromatic N) is 1. The van der Waals surface area contributed by atoms with Gasteiger partial charge in [0.1, 0.15) is 16.7 Å². The van der Waals surface area contributed by atoms with Crippen LogP contribution in [0.2, 0.25) is 5.15 Å². The van der Waals surface area contributed by atoms with E-state index in [4.69, 9.17) is 16.3 Å². The lowest BCUT2D eigenvalue weighted by molar-refractivity contribution is 0.0696. The fraction of sp³-hybridized carbons (Fsp3) is 0.375. The van der Waals surface area contributed by atoms with Gasteiger partial charge in [0.15, 0.2) is 0 Å². The summed E-state index contributed by atoms with van der Waals surface area (Å²) < 4.78 is 5.48. The number of carbonyl (C=O) groups is 1. The Morgan fingerprint density at radius 1 is 1.45 bits per heavy atom. The van der Waals surface area contributed by atoms with E-state index in [1.807, 2.05) is 19.9 Å². The number of aromatic nitrogens is 2. The van der Waals surface area contributed by atoms with E-state index in [2.05, 4.69) is 9.97 Å². The first-order chi connectivity index (χ1) is 10.5. The van der Waals surface area contributed by atoms with Crippen LogP contribution in [0.15, 0.2) is 12.1 Å². The number of ether oxygens (including phenoxy) is 1. The Hall–Kier alpha value is -1.85. The van der Waals surface area contributed by atoms with Gasteiger partial charge >= 0.3 is 5.97 Å². The Labute approximate surface area is 133 Å². The molecule has 1 aromatic heterocycles. The molecule has 1 aliphatic rings. The first-order valence-corrected chi connectivity index (χ1v) is 7.53. The summed E-state index contributed by atoms with van der Waals surface area (Å²) in [5.41, 5.74) is 3.43. The van der Waals surface area contributed by atoms with Crippen LogP contribution < -0.4 is 0 Å². The van der Waals surface area contributed by atoms with Crippen LogP contribution in [0.4, 0.5) is 0 Å². The molecule has 116 valence electrons. The van der Waals surface area contributed by atoms with Crippen molar-refractivity contribution in [2.45, 2.75) is 26.2 Å². The maximum absolute atomic E-state index is 11.4. The molecule has 0 radical (unpaired) electrons. The van der Waals surface area contributed by atoms with E-state index in [-0.39, 0.29) is 11.5 Å². The lowest BCUT2D eigenvalue weighted by Crippen LogP contribution is -2.06. The summed E-state index contributed by atoms with van der Waals surface area (Å²) in [4.78, 5) is 18.8. The number of hydrogen-bond donors (Lipinski definition) is 2. The third-order valence-corrected chi connectivity index (χ3v) is 4.30. The van der Waals surface area contributed by atoms with Gasteiger partial charge in [-0.2, -0.15) is 0 Å². The molecule has 1 saturated heterocycles. The number of aromatic amines is 1. The topological polar surface area (TPSA) is 75.2 Å². The Morgan fingerprint density at radius 3 is 2.77 bits per heavy atom. The summed E-state index contributed by atoms with van der Waals surface area (Å²) in [6.45, 7) is 4.99. The average molecular weight is 321 g/mol. The Bertz CT molecular complexity index is 733. The second kappa shape index (κ2) is 5.74. The van der Waals surface area contributed by atoms with Crippen LogP contribution in [0.25, 0.3) is 11.3 Å². The van der Waals surface area contributed by atoms with Gasteiger partial charge < -0.3 is 14.8 Å². The van der Waals surface area contributed by atoms with Crippen molar-refractivity contribution in [1.29, 1.82) is 0 Å². The molecule has 6 heteroatoms. The molecule has 3 rings (SSSR count). The van der Waals surface area contributed by atoms with Gasteiger partial charge in [0, 0.05) is 18.1 Å². The van der Waals surface area contributed by atoms with Gasteiger partial charge in [-0.15, -0.1) is 0 Å². The minimum Gasteiger partial charge on any atom is -0.478 e. The summed E-state index contributed by atoms with van der Waals surface area (Å²) in [5.74, 6) is -0.00737. The number of aromatic carboxylic acids is 1. The third kappa shape index (κ3) is 2.62. The second-order valence-corrected chi connectivity index (χ2v) is 5.98. The van der Waals surface area contributed by atoms with Gasteiger partial charge in [-0.1, -0.05) is 17.7 Å². The molecule has 1 unspecified atom stereocenters. The molecule has 0 amide bonds. The van der Waals surface area contributed by atoms with Crippen LogP contribution in [0.1, 0.15) is 39.6 Å². The van der Waals surface area contributed by atoms with Gasteiger partial charge in [-0.25, -0.2) is 9.78 Å². The van der Waals surface area contributed by atoms with Crippen molar-refractivity contribution < 1.29 is 14.6 Å². The predicted octanol–water partition coefficient (Wildman–Crippen LogP) is 3.55. The molecular formula is C16H17ClN2O3. The standard InChI is InChI=1S/C16H17ClN2O3/c1-8-5-12(10-3-4-22-7-10)13(6-11(8)16(20)21)14-15(17)19-9(2)18-14/h5-6,10H,3-4,7H2,1-2H3,(H,18,19)(H,20,21). The molecular weight excluding hydrogens is 304 g/mol. The van der Waals surface area contributed by atoms with Gasteiger partial charge in [-0.05, 0) is 37.5 Å². The zero-order chi connectivity index (χ0) is 15.9. The maximum Gasteiger partial charge on any atom is 0.335 e. The number of hydrogen-bond acceptors (Lipinski definition) is 3. The van der Waals surface area contributed by atoms with Crippen molar-refractivity contribution in [1.82, 2.24) is 9.97 Å². The number of carboxylic acids is 1. The molecule has 2 aromatic rings. The zero-order valence-electron chi connectivity index (χ0n) is 12.4. The van der Waals surface area contributed by atoms with Crippen molar-refractivity contribution in [3.8, 4) is 11.3 Å². The highest BCUT2D eigenvalue weighted by Crippen LogP contribution is 2.37. The van der Waals surface area contributed by atoms with Crippen molar-refractivity contribution >= 4 is 17.6 Å². The highest BCUT2D eigenvalue weighted by Gasteiger charge is 2.25. The molecule has 1 aliphatic heterocycles. The first kappa shape index (κ1) is 15.1. The van der Waals surface area contributed by atoms with E-state index in [0.717, 1.165) is 29.7 Å². The highest BCUT2D eigenvalue weighted by atomic mass is 35.5. The summed E-state index contributed by atoms with van der Waals surface area (Å²) in [6.07, 6.45) is 0.917. The predicted molar refractivity (Wildman–Crippen MR) is 83.6 cm³/mol. The molecule has 2 N–H and O–H groups in total. The molecule has 0 aliphatic carbocycles. The number of aryl methyl sites for hydroxylation is 2. The van der Waals surface area contributed by atoms with E-state index in [1.165, 1.54) is 0 Å². The summed E-state index contributed by atoms with van der Waals surface area (Å²) >= 11 is 6.23. The first-order valence-electron chi connectivity index (χ1n) is 7.15.